The van der Waals surface area contributed by atoms with Crippen molar-refractivity contribution < 1.29 is 13.2 Å². The maximum absolute atomic E-state index is 13.7. The minimum atomic E-state index is -0.560. The third-order valence-electron chi connectivity index (χ3n) is 3.19. The van der Waals surface area contributed by atoms with Crippen molar-refractivity contribution in [3.05, 3.63) is 71.0 Å². The van der Waals surface area contributed by atoms with Gasteiger partial charge < -0.3 is 5.32 Å². The topological polar surface area (TPSA) is 12.0 Å². The monoisotopic (exact) mass is 279 g/mol. The van der Waals surface area contributed by atoms with Crippen molar-refractivity contribution in [2.45, 2.75) is 19.4 Å². The molecule has 0 spiro atoms. The fourth-order valence-electron chi connectivity index (χ4n) is 2.18. The molecule has 0 aliphatic carbocycles. The second kappa shape index (κ2) is 6.57. The summed E-state index contributed by atoms with van der Waals surface area (Å²) < 4.78 is 40.4. The summed E-state index contributed by atoms with van der Waals surface area (Å²) in [6.07, 6.45) is 0.179. The zero-order valence-corrected chi connectivity index (χ0v) is 11.2. The first kappa shape index (κ1) is 14.6. The average Bonchev–Trinajstić information content (AvgIpc) is 2.43. The summed E-state index contributed by atoms with van der Waals surface area (Å²) in [6, 6.07) is 9.51. The van der Waals surface area contributed by atoms with Gasteiger partial charge in [0.1, 0.15) is 17.5 Å². The molecule has 2 aromatic rings. The Morgan fingerprint density at radius 2 is 1.55 bits per heavy atom. The van der Waals surface area contributed by atoms with Crippen LogP contribution >= 0.6 is 0 Å². The van der Waals surface area contributed by atoms with Crippen LogP contribution in [0, 0.1) is 17.5 Å². The molecule has 0 amide bonds. The number of benzene rings is 2. The quantitative estimate of drug-likeness (QED) is 0.872. The largest absolute Gasteiger partial charge is 0.310 e. The molecule has 2 aromatic carbocycles. The van der Waals surface area contributed by atoms with Gasteiger partial charge in [-0.2, -0.15) is 0 Å². The zero-order valence-electron chi connectivity index (χ0n) is 11.2. The molecule has 0 saturated heterocycles. The summed E-state index contributed by atoms with van der Waals surface area (Å²) in [5, 5.41) is 3.17. The number of likely N-dealkylation sites (N-methyl/N-ethyl adjacent to an activating group) is 1. The number of hydrogen-bond donors (Lipinski definition) is 1. The molecular formula is C16H16F3N. The van der Waals surface area contributed by atoms with Gasteiger partial charge in [0, 0.05) is 11.6 Å². The molecule has 20 heavy (non-hydrogen) atoms. The highest BCUT2D eigenvalue weighted by Gasteiger charge is 2.16. The van der Waals surface area contributed by atoms with Gasteiger partial charge in [-0.1, -0.05) is 25.1 Å². The van der Waals surface area contributed by atoms with Crippen molar-refractivity contribution in [1.82, 2.24) is 5.32 Å². The minimum Gasteiger partial charge on any atom is -0.310 e. The van der Waals surface area contributed by atoms with Gasteiger partial charge >= 0.3 is 0 Å². The number of halogens is 3. The maximum atomic E-state index is 13.7. The van der Waals surface area contributed by atoms with Gasteiger partial charge in [0.2, 0.25) is 0 Å². The van der Waals surface area contributed by atoms with Crippen LogP contribution in [0.3, 0.4) is 0 Å². The third kappa shape index (κ3) is 3.39. The Hall–Kier alpha value is -1.81. The Bertz CT molecular complexity index is 546. The molecule has 106 valence electrons. The molecule has 1 unspecified atom stereocenters. The van der Waals surface area contributed by atoms with Crippen LogP contribution in [0.15, 0.2) is 42.5 Å². The Morgan fingerprint density at radius 1 is 0.950 bits per heavy atom. The molecule has 0 heterocycles. The van der Waals surface area contributed by atoms with Crippen LogP contribution < -0.4 is 5.32 Å². The summed E-state index contributed by atoms with van der Waals surface area (Å²) in [6.45, 7) is 2.56. The molecule has 0 radical (unpaired) electrons. The molecule has 0 aliphatic heterocycles. The van der Waals surface area contributed by atoms with E-state index in [1.807, 2.05) is 6.92 Å². The molecular weight excluding hydrogens is 263 g/mol. The van der Waals surface area contributed by atoms with E-state index in [4.69, 9.17) is 0 Å². The van der Waals surface area contributed by atoms with E-state index in [0.29, 0.717) is 6.54 Å². The van der Waals surface area contributed by atoms with Crippen molar-refractivity contribution in [3.8, 4) is 0 Å². The Kier molecular flexibility index (Phi) is 4.79. The maximum Gasteiger partial charge on any atom is 0.129 e. The van der Waals surface area contributed by atoms with E-state index >= 15 is 0 Å². The number of nitrogens with one attached hydrogen (secondary N) is 1. The predicted molar refractivity (Wildman–Crippen MR) is 72.9 cm³/mol. The lowest BCUT2D eigenvalue weighted by Gasteiger charge is -2.19. The van der Waals surface area contributed by atoms with Gasteiger partial charge in [0.15, 0.2) is 0 Å². The molecule has 1 nitrogen and oxygen atoms in total. The molecule has 2 rings (SSSR count). The smallest absolute Gasteiger partial charge is 0.129 e. The highest BCUT2D eigenvalue weighted by Crippen LogP contribution is 2.22. The van der Waals surface area contributed by atoms with E-state index in [-0.39, 0.29) is 23.8 Å². The number of rotatable bonds is 5. The van der Waals surface area contributed by atoms with E-state index in [9.17, 15) is 13.2 Å². The van der Waals surface area contributed by atoms with Crippen LogP contribution in [0.25, 0.3) is 0 Å². The second-order valence-corrected chi connectivity index (χ2v) is 4.57. The van der Waals surface area contributed by atoms with Gasteiger partial charge in [-0.25, -0.2) is 13.2 Å². The van der Waals surface area contributed by atoms with Crippen LogP contribution in [-0.2, 0) is 6.42 Å². The molecule has 0 aliphatic rings. The second-order valence-electron chi connectivity index (χ2n) is 4.57. The highest BCUT2D eigenvalue weighted by molar-refractivity contribution is 5.26. The standard InChI is InChI=1S/C16H16F3N/c1-2-20-16(11-6-8-12(17)9-7-11)10-13-14(18)4-3-5-15(13)19/h3-9,16,20H,2,10H2,1H3. The fraction of sp³-hybridized carbons (Fsp3) is 0.250. The lowest BCUT2D eigenvalue weighted by molar-refractivity contribution is 0.498. The van der Waals surface area contributed by atoms with Gasteiger partial charge in [0.25, 0.3) is 0 Å². The predicted octanol–water partition coefficient (Wildman–Crippen LogP) is 4.00. The van der Waals surface area contributed by atoms with Gasteiger partial charge in [-0.3, -0.25) is 0 Å². The van der Waals surface area contributed by atoms with Crippen molar-refractivity contribution in [2.24, 2.45) is 0 Å². The van der Waals surface area contributed by atoms with Crippen molar-refractivity contribution in [1.29, 1.82) is 0 Å². The fourth-order valence-corrected chi connectivity index (χ4v) is 2.18. The van der Waals surface area contributed by atoms with Crippen LogP contribution in [0.4, 0.5) is 13.2 Å². The lowest BCUT2D eigenvalue weighted by Crippen LogP contribution is -2.23. The van der Waals surface area contributed by atoms with Crippen LogP contribution in [0.2, 0.25) is 0 Å². The average molecular weight is 279 g/mol. The van der Waals surface area contributed by atoms with Gasteiger partial charge in [-0.05, 0) is 42.8 Å². The molecule has 0 aromatic heterocycles. The minimum absolute atomic E-state index is 0.0442. The van der Waals surface area contributed by atoms with E-state index in [1.165, 1.54) is 30.3 Å². The molecule has 4 heteroatoms. The Morgan fingerprint density at radius 3 is 2.10 bits per heavy atom. The first-order valence-electron chi connectivity index (χ1n) is 6.53. The first-order valence-corrected chi connectivity index (χ1v) is 6.53. The molecule has 0 saturated carbocycles. The normalized spacial score (nSPS) is 12.4. The summed E-state index contributed by atoms with van der Waals surface area (Å²) in [4.78, 5) is 0. The number of hydrogen-bond acceptors (Lipinski definition) is 1. The van der Waals surface area contributed by atoms with E-state index in [1.54, 1.807) is 12.1 Å². The Balaban J connectivity index is 2.28. The summed E-state index contributed by atoms with van der Waals surface area (Å²) in [7, 11) is 0. The van der Waals surface area contributed by atoms with Crippen LogP contribution in [0.5, 0.6) is 0 Å². The van der Waals surface area contributed by atoms with Crippen molar-refractivity contribution in [2.75, 3.05) is 6.54 Å². The Labute approximate surface area is 116 Å². The van der Waals surface area contributed by atoms with Crippen molar-refractivity contribution in [3.63, 3.8) is 0 Å². The van der Waals surface area contributed by atoms with E-state index < -0.39 is 11.6 Å². The highest BCUT2D eigenvalue weighted by atomic mass is 19.1. The van der Waals surface area contributed by atoms with Gasteiger partial charge in [-0.15, -0.1) is 0 Å². The molecule has 0 fully saturated rings. The molecule has 1 atom stereocenters. The summed E-state index contributed by atoms with van der Waals surface area (Å²) in [5.41, 5.74) is 0.846. The zero-order chi connectivity index (χ0) is 14.5. The van der Waals surface area contributed by atoms with E-state index in [2.05, 4.69) is 5.32 Å². The SMILES string of the molecule is CCNC(Cc1c(F)cccc1F)c1ccc(F)cc1. The van der Waals surface area contributed by atoms with E-state index in [0.717, 1.165) is 5.56 Å². The molecule has 1 N–H and O–H groups in total. The summed E-state index contributed by atoms with van der Waals surface area (Å²) in [5.74, 6) is -1.45. The van der Waals surface area contributed by atoms with Crippen LogP contribution in [0.1, 0.15) is 24.1 Å². The van der Waals surface area contributed by atoms with Gasteiger partial charge in [0.05, 0.1) is 0 Å². The summed E-state index contributed by atoms with van der Waals surface area (Å²) >= 11 is 0. The lowest BCUT2D eigenvalue weighted by atomic mass is 9.98. The molecule has 0 bridgehead atoms. The van der Waals surface area contributed by atoms with Crippen LogP contribution in [-0.4, -0.2) is 6.54 Å². The third-order valence-corrected chi connectivity index (χ3v) is 3.19. The van der Waals surface area contributed by atoms with Crippen molar-refractivity contribution >= 4 is 0 Å². The first-order chi connectivity index (χ1) is 9.61.